The summed E-state index contributed by atoms with van der Waals surface area (Å²) in [4.78, 5) is 0. The van der Waals surface area contributed by atoms with Crippen molar-refractivity contribution in [2.24, 2.45) is 34.5 Å². The standard InChI is InChI=1S/C20H34O4/c1-12(10-21)13-4-5-15-14(8-13)16(23)9-17-19(15,2)7-6-18(24)20(17,3)11-22/h8,12-13,15-18,21-24H,4-7,9-11H2,1-3H3/t12?,13-,15-,16+,17+,18-,19+,20-/m1/s1. The highest BCUT2D eigenvalue weighted by Crippen LogP contribution is 2.63. The first-order chi connectivity index (χ1) is 11.3. The SMILES string of the molecule is CC(CO)[C@H]1C=C2[C@@H](CC1)[C@]1(C)CC[C@@H](O)[C@](C)(CO)[C@H]1C[C@@H]2O. The summed E-state index contributed by atoms with van der Waals surface area (Å²) in [5.41, 5.74) is 0.645. The van der Waals surface area contributed by atoms with Gasteiger partial charge >= 0.3 is 0 Å². The van der Waals surface area contributed by atoms with Crippen LogP contribution in [0.3, 0.4) is 0 Å². The summed E-state index contributed by atoms with van der Waals surface area (Å²) in [5.74, 6) is 1.02. The van der Waals surface area contributed by atoms with E-state index in [0.717, 1.165) is 31.3 Å². The van der Waals surface area contributed by atoms with Gasteiger partial charge in [-0.3, -0.25) is 0 Å². The van der Waals surface area contributed by atoms with Crippen molar-refractivity contribution < 1.29 is 20.4 Å². The molecule has 0 aromatic heterocycles. The first-order valence-electron chi connectivity index (χ1n) is 9.57. The van der Waals surface area contributed by atoms with Gasteiger partial charge in [-0.2, -0.15) is 0 Å². The second-order valence-electron chi connectivity index (χ2n) is 9.15. The molecule has 8 atom stereocenters. The van der Waals surface area contributed by atoms with Crippen LogP contribution >= 0.6 is 0 Å². The maximum atomic E-state index is 10.8. The quantitative estimate of drug-likeness (QED) is 0.594. The fourth-order valence-corrected chi connectivity index (χ4v) is 6.08. The van der Waals surface area contributed by atoms with Crippen LogP contribution in [0, 0.1) is 34.5 Å². The van der Waals surface area contributed by atoms with Crippen molar-refractivity contribution in [1.82, 2.24) is 0 Å². The highest BCUT2D eigenvalue weighted by atomic mass is 16.3. The molecule has 2 fully saturated rings. The monoisotopic (exact) mass is 338 g/mol. The zero-order valence-electron chi connectivity index (χ0n) is 15.3. The molecule has 0 heterocycles. The largest absolute Gasteiger partial charge is 0.396 e. The molecule has 2 saturated carbocycles. The van der Waals surface area contributed by atoms with Gasteiger partial charge in [0.05, 0.1) is 18.8 Å². The second-order valence-corrected chi connectivity index (χ2v) is 9.15. The van der Waals surface area contributed by atoms with Crippen molar-refractivity contribution in [3.05, 3.63) is 11.6 Å². The summed E-state index contributed by atoms with van der Waals surface area (Å²) in [6, 6.07) is 0. The summed E-state index contributed by atoms with van der Waals surface area (Å²) < 4.78 is 0. The first kappa shape index (κ1) is 18.4. The molecule has 0 aromatic rings. The molecular formula is C20H34O4. The Kier molecular flexibility index (Phi) is 4.89. The van der Waals surface area contributed by atoms with Gasteiger partial charge in [0, 0.05) is 12.0 Å². The fraction of sp³-hybridized carbons (Fsp3) is 0.900. The predicted molar refractivity (Wildman–Crippen MR) is 93.2 cm³/mol. The number of aliphatic hydroxyl groups excluding tert-OH is 4. The van der Waals surface area contributed by atoms with Gasteiger partial charge in [0.1, 0.15) is 0 Å². The van der Waals surface area contributed by atoms with Crippen LogP contribution in [-0.4, -0.2) is 45.8 Å². The molecule has 0 amide bonds. The maximum Gasteiger partial charge on any atom is 0.0756 e. The molecule has 0 aromatic carbocycles. The average Bonchev–Trinajstić information content (AvgIpc) is 2.60. The van der Waals surface area contributed by atoms with Crippen LogP contribution in [0.15, 0.2) is 11.6 Å². The lowest BCUT2D eigenvalue weighted by Crippen LogP contribution is -2.60. The molecule has 3 rings (SSSR count). The smallest absolute Gasteiger partial charge is 0.0756 e. The van der Waals surface area contributed by atoms with Crippen molar-refractivity contribution in [3.63, 3.8) is 0 Å². The van der Waals surface area contributed by atoms with Crippen LogP contribution in [0.4, 0.5) is 0 Å². The molecule has 3 aliphatic carbocycles. The van der Waals surface area contributed by atoms with Crippen molar-refractivity contribution in [3.8, 4) is 0 Å². The van der Waals surface area contributed by atoms with Gasteiger partial charge in [-0.25, -0.2) is 0 Å². The number of rotatable bonds is 3. The van der Waals surface area contributed by atoms with E-state index in [4.69, 9.17) is 0 Å². The van der Waals surface area contributed by atoms with Crippen LogP contribution in [0.25, 0.3) is 0 Å². The van der Waals surface area contributed by atoms with Crippen LogP contribution < -0.4 is 0 Å². The topological polar surface area (TPSA) is 80.9 Å². The number of aliphatic hydroxyl groups is 4. The van der Waals surface area contributed by atoms with E-state index in [0.29, 0.717) is 18.3 Å². The molecule has 4 N–H and O–H groups in total. The van der Waals surface area contributed by atoms with Crippen molar-refractivity contribution >= 4 is 0 Å². The number of hydrogen-bond acceptors (Lipinski definition) is 4. The molecule has 0 aliphatic heterocycles. The molecule has 4 nitrogen and oxygen atoms in total. The van der Waals surface area contributed by atoms with E-state index in [1.165, 1.54) is 0 Å². The summed E-state index contributed by atoms with van der Waals surface area (Å²) in [6.07, 6.45) is 5.62. The van der Waals surface area contributed by atoms with Gasteiger partial charge in [0.25, 0.3) is 0 Å². The molecule has 0 bridgehead atoms. The third-order valence-electron chi connectivity index (χ3n) is 7.91. The van der Waals surface area contributed by atoms with E-state index in [9.17, 15) is 20.4 Å². The lowest BCUT2D eigenvalue weighted by atomic mass is 9.44. The third-order valence-corrected chi connectivity index (χ3v) is 7.91. The normalized spacial score (nSPS) is 49.8. The first-order valence-corrected chi connectivity index (χ1v) is 9.57. The van der Waals surface area contributed by atoms with Crippen molar-refractivity contribution in [2.45, 2.75) is 65.1 Å². The summed E-state index contributed by atoms with van der Waals surface area (Å²) in [7, 11) is 0. The summed E-state index contributed by atoms with van der Waals surface area (Å²) in [6.45, 7) is 6.51. The van der Waals surface area contributed by atoms with E-state index in [1.807, 2.05) is 6.92 Å². The number of allylic oxidation sites excluding steroid dienone is 1. The molecular weight excluding hydrogens is 304 g/mol. The Balaban J connectivity index is 1.96. The minimum Gasteiger partial charge on any atom is -0.396 e. The highest BCUT2D eigenvalue weighted by Gasteiger charge is 2.59. The molecule has 24 heavy (non-hydrogen) atoms. The summed E-state index contributed by atoms with van der Waals surface area (Å²) >= 11 is 0. The van der Waals surface area contributed by atoms with E-state index < -0.39 is 17.6 Å². The lowest BCUT2D eigenvalue weighted by Gasteiger charge is -2.61. The molecule has 0 radical (unpaired) electrons. The minimum atomic E-state index is -0.533. The maximum absolute atomic E-state index is 10.8. The Morgan fingerprint density at radius 1 is 1.17 bits per heavy atom. The van der Waals surface area contributed by atoms with E-state index in [1.54, 1.807) is 0 Å². The van der Waals surface area contributed by atoms with Crippen LogP contribution in [0.1, 0.15) is 52.9 Å². The van der Waals surface area contributed by atoms with Gasteiger partial charge in [0.2, 0.25) is 0 Å². The van der Waals surface area contributed by atoms with Crippen LogP contribution in [0.2, 0.25) is 0 Å². The third kappa shape index (κ3) is 2.57. The Bertz CT molecular complexity index is 504. The van der Waals surface area contributed by atoms with E-state index in [2.05, 4.69) is 19.9 Å². The van der Waals surface area contributed by atoms with Crippen LogP contribution in [-0.2, 0) is 0 Å². The Morgan fingerprint density at radius 3 is 2.50 bits per heavy atom. The fourth-order valence-electron chi connectivity index (χ4n) is 6.08. The van der Waals surface area contributed by atoms with Gasteiger partial charge in [-0.1, -0.05) is 26.8 Å². The Morgan fingerprint density at radius 2 is 1.88 bits per heavy atom. The van der Waals surface area contributed by atoms with Gasteiger partial charge in [-0.15, -0.1) is 0 Å². The highest BCUT2D eigenvalue weighted by molar-refractivity contribution is 5.26. The van der Waals surface area contributed by atoms with E-state index in [-0.39, 0.29) is 30.5 Å². The molecule has 0 spiro atoms. The van der Waals surface area contributed by atoms with E-state index >= 15 is 0 Å². The lowest BCUT2D eigenvalue weighted by molar-refractivity contribution is -0.166. The summed E-state index contributed by atoms with van der Waals surface area (Å²) in [5, 5.41) is 40.9. The van der Waals surface area contributed by atoms with Crippen molar-refractivity contribution in [2.75, 3.05) is 13.2 Å². The molecule has 1 unspecified atom stereocenters. The minimum absolute atomic E-state index is 0.0230. The number of hydrogen-bond donors (Lipinski definition) is 4. The molecule has 138 valence electrons. The molecule has 0 saturated heterocycles. The van der Waals surface area contributed by atoms with Gasteiger partial charge in [0.15, 0.2) is 0 Å². The Hall–Kier alpha value is -0.420. The molecule has 4 heteroatoms. The van der Waals surface area contributed by atoms with Gasteiger partial charge in [-0.05, 0) is 66.8 Å². The average molecular weight is 338 g/mol. The molecule has 3 aliphatic rings. The van der Waals surface area contributed by atoms with Crippen molar-refractivity contribution in [1.29, 1.82) is 0 Å². The zero-order chi connectivity index (χ0) is 17.7. The predicted octanol–water partition coefficient (Wildman–Crippen LogP) is 2.11. The zero-order valence-corrected chi connectivity index (χ0v) is 15.3. The van der Waals surface area contributed by atoms with Crippen LogP contribution in [0.5, 0.6) is 0 Å². The Labute approximate surface area is 145 Å². The second kappa shape index (κ2) is 6.39. The number of fused-ring (bicyclic) bond motifs is 3. The van der Waals surface area contributed by atoms with Gasteiger partial charge < -0.3 is 20.4 Å².